The highest BCUT2D eigenvalue weighted by Gasteiger charge is 2.21. The van der Waals surface area contributed by atoms with Crippen LogP contribution in [0.2, 0.25) is 0 Å². The molecular weight excluding hydrogens is 226 g/mol. The minimum atomic E-state index is -1.36. The number of methoxy groups -OCH3 is 1. The van der Waals surface area contributed by atoms with Crippen molar-refractivity contribution in [2.75, 3.05) is 19.5 Å². The van der Waals surface area contributed by atoms with Crippen molar-refractivity contribution >= 4 is 11.7 Å². The van der Waals surface area contributed by atoms with Gasteiger partial charge in [0.25, 0.3) is 0 Å². The van der Waals surface area contributed by atoms with Gasteiger partial charge in [-0.25, -0.2) is 4.79 Å². The van der Waals surface area contributed by atoms with Gasteiger partial charge < -0.3 is 25.8 Å². The number of anilines is 1. The highest BCUT2D eigenvalue weighted by molar-refractivity contribution is 5.90. The van der Waals surface area contributed by atoms with Crippen molar-refractivity contribution in [1.82, 2.24) is 0 Å². The van der Waals surface area contributed by atoms with Crippen LogP contribution in [0.1, 0.15) is 22.0 Å². The van der Waals surface area contributed by atoms with Gasteiger partial charge in [-0.15, -0.1) is 0 Å². The second-order valence-electron chi connectivity index (χ2n) is 3.53. The molecule has 0 radical (unpaired) electrons. The highest BCUT2D eigenvalue weighted by atomic mass is 16.5. The van der Waals surface area contributed by atoms with Crippen LogP contribution < -0.4 is 5.73 Å². The largest absolute Gasteiger partial charge is 0.465 e. The number of rotatable bonds is 4. The molecule has 0 aliphatic heterocycles. The summed E-state index contributed by atoms with van der Waals surface area (Å²) in [6.07, 6.45) is -2.71. The zero-order chi connectivity index (χ0) is 13.0. The van der Waals surface area contributed by atoms with E-state index >= 15 is 0 Å². The first-order valence-electron chi connectivity index (χ1n) is 4.96. The predicted molar refractivity (Wildman–Crippen MR) is 60.2 cm³/mol. The summed E-state index contributed by atoms with van der Waals surface area (Å²) in [4.78, 5) is 11.3. The molecule has 6 heteroatoms. The lowest BCUT2D eigenvalue weighted by Gasteiger charge is -2.18. The molecular formula is C11H15NO5. The SMILES string of the molecule is COC(=O)c1ccc(N)c(C(O)C(O)CO)c1. The van der Waals surface area contributed by atoms with Gasteiger partial charge >= 0.3 is 5.97 Å². The van der Waals surface area contributed by atoms with E-state index in [1.807, 2.05) is 0 Å². The Kier molecular flexibility index (Phi) is 4.45. The lowest BCUT2D eigenvalue weighted by molar-refractivity contribution is -0.0149. The van der Waals surface area contributed by atoms with Crippen molar-refractivity contribution in [3.05, 3.63) is 29.3 Å². The van der Waals surface area contributed by atoms with Gasteiger partial charge in [0.05, 0.1) is 19.3 Å². The van der Waals surface area contributed by atoms with Gasteiger partial charge in [-0.2, -0.15) is 0 Å². The molecule has 1 rings (SSSR count). The molecule has 0 aliphatic rings. The van der Waals surface area contributed by atoms with E-state index in [1.165, 1.54) is 25.3 Å². The molecule has 0 fully saturated rings. The Labute approximate surface area is 98.3 Å². The fourth-order valence-corrected chi connectivity index (χ4v) is 1.38. The number of aliphatic hydroxyl groups excluding tert-OH is 3. The standard InChI is InChI=1S/C11H15NO5/c1-17-11(16)6-2-3-8(12)7(4-6)10(15)9(14)5-13/h2-4,9-10,13-15H,5,12H2,1H3. The third-order valence-electron chi connectivity index (χ3n) is 2.38. The molecule has 1 aromatic carbocycles. The minimum Gasteiger partial charge on any atom is -0.465 e. The second kappa shape index (κ2) is 5.62. The fourth-order valence-electron chi connectivity index (χ4n) is 1.38. The molecule has 1 aromatic rings. The van der Waals surface area contributed by atoms with Crippen LogP contribution in [0.4, 0.5) is 5.69 Å². The molecule has 5 N–H and O–H groups in total. The van der Waals surface area contributed by atoms with Crippen molar-refractivity contribution in [3.8, 4) is 0 Å². The maximum Gasteiger partial charge on any atom is 0.337 e. The summed E-state index contributed by atoms with van der Waals surface area (Å²) in [5.41, 5.74) is 6.22. The predicted octanol–water partition coefficient (Wildman–Crippen LogP) is -0.558. The summed E-state index contributed by atoms with van der Waals surface area (Å²) >= 11 is 0. The number of carbonyl (C=O) groups is 1. The Morgan fingerprint density at radius 2 is 2.12 bits per heavy atom. The summed E-state index contributed by atoms with van der Waals surface area (Å²) in [6.45, 7) is -0.608. The lowest BCUT2D eigenvalue weighted by Crippen LogP contribution is -2.23. The molecule has 2 unspecified atom stereocenters. The summed E-state index contributed by atoms with van der Waals surface area (Å²) < 4.78 is 4.52. The average molecular weight is 241 g/mol. The van der Waals surface area contributed by atoms with Crippen LogP contribution in [0, 0.1) is 0 Å². The van der Waals surface area contributed by atoms with Crippen molar-refractivity contribution in [2.24, 2.45) is 0 Å². The third-order valence-corrected chi connectivity index (χ3v) is 2.38. The number of benzene rings is 1. The Balaban J connectivity index is 3.10. The normalized spacial score (nSPS) is 14.1. The van der Waals surface area contributed by atoms with E-state index in [1.54, 1.807) is 0 Å². The number of carbonyl (C=O) groups excluding carboxylic acids is 1. The van der Waals surface area contributed by atoms with Crippen molar-refractivity contribution in [3.63, 3.8) is 0 Å². The maximum atomic E-state index is 11.3. The third kappa shape index (κ3) is 2.94. The molecule has 0 spiro atoms. The molecule has 0 saturated carbocycles. The zero-order valence-corrected chi connectivity index (χ0v) is 9.33. The molecule has 2 atom stereocenters. The Morgan fingerprint density at radius 3 is 2.65 bits per heavy atom. The molecule has 17 heavy (non-hydrogen) atoms. The quantitative estimate of drug-likeness (QED) is 0.415. The Hall–Kier alpha value is -1.63. The van der Waals surface area contributed by atoms with E-state index in [9.17, 15) is 15.0 Å². The number of hydrogen-bond donors (Lipinski definition) is 4. The topological polar surface area (TPSA) is 113 Å². The van der Waals surface area contributed by atoms with Crippen molar-refractivity contribution in [1.29, 1.82) is 0 Å². The number of aliphatic hydroxyl groups is 3. The lowest BCUT2D eigenvalue weighted by atomic mass is 10.0. The maximum absolute atomic E-state index is 11.3. The number of hydrogen-bond acceptors (Lipinski definition) is 6. The van der Waals surface area contributed by atoms with Crippen LogP contribution in [0.3, 0.4) is 0 Å². The van der Waals surface area contributed by atoms with Crippen LogP contribution in [0.25, 0.3) is 0 Å². The van der Waals surface area contributed by atoms with Gasteiger partial charge in [-0.3, -0.25) is 0 Å². The van der Waals surface area contributed by atoms with Crippen LogP contribution in [-0.2, 0) is 4.74 Å². The Morgan fingerprint density at radius 1 is 1.47 bits per heavy atom. The van der Waals surface area contributed by atoms with E-state index in [2.05, 4.69) is 4.74 Å². The van der Waals surface area contributed by atoms with Crippen LogP contribution >= 0.6 is 0 Å². The number of esters is 1. The van der Waals surface area contributed by atoms with Gasteiger partial charge in [0.2, 0.25) is 0 Å². The molecule has 0 bridgehead atoms. The first-order chi connectivity index (χ1) is 8.01. The van der Waals surface area contributed by atoms with Crippen LogP contribution in [-0.4, -0.2) is 41.1 Å². The molecule has 0 aliphatic carbocycles. The molecule has 0 amide bonds. The van der Waals surface area contributed by atoms with E-state index in [4.69, 9.17) is 10.8 Å². The monoisotopic (exact) mass is 241 g/mol. The van der Waals surface area contributed by atoms with E-state index < -0.39 is 24.8 Å². The van der Waals surface area contributed by atoms with Crippen molar-refractivity contribution in [2.45, 2.75) is 12.2 Å². The van der Waals surface area contributed by atoms with Crippen LogP contribution in [0.15, 0.2) is 18.2 Å². The first-order valence-corrected chi connectivity index (χ1v) is 4.96. The summed E-state index contributed by atoms with van der Waals surface area (Å²) in [7, 11) is 1.23. The average Bonchev–Trinajstić information content (AvgIpc) is 2.36. The number of ether oxygens (including phenoxy) is 1. The summed E-state index contributed by atoms with van der Waals surface area (Å²) in [5, 5.41) is 27.8. The number of nitrogen functional groups attached to an aromatic ring is 1. The molecule has 6 nitrogen and oxygen atoms in total. The molecule has 0 saturated heterocycles. The van der Waals surface area contributed by atoms with Gasteiger partial charge in [0.1, 0.15) is 12.2 Å². The number of nitrogens with two attached hydrogens (primary N) is 1. The van der Waals surface area contributed by atoms with Gasteiger partial charge in [-0.1, -0.05) is 0 Å². The van der Waals surface area contributed by atoms with Crippen LogP contribution in [0.5, 0.6) is 0 Å². The van der Waals surface area contributed by atoms with E-state index in [0.717, 1.165) is 0 Å². The zero-order valence-electron chi connectivity index (χ0n) is 9.33. The van der Waals surface area contributed by atoms with Crippen molar-refractivity contribution < 1.29 is 24.9 Å². The van der Waals surface area contributed by atoms with Gasteiger partial charge in [0, 0.05) is 11.3 Å². The van der Waals surface area contributed by atoms with Gasteiger partial charge in [0.15, 0.2) is 0 Å². The smallest absolute Gasteiger partial charge is 0.337 e. The summed E-state index contributed by atoms with van der Waals surface area (Å²) in [5.74, 6) is -0.572. The molecule has 0 heterocycles. The summed E-state index contributed by atoms with van der Waals surface area (Å²) in [6, 6.07) is 4.20. The van der Waals surface area contributed by atoms with Gasteiger partial charge in [-0.05, 0) is 18.2 Å². The van der Waals surface area contributed by atoms with E-state index in [-0.39, 0.29) is 16.8 Å². The first kappa shape index (κ1) is 13.4. The highest BCUT2D eigenvalue weighted by Crippen LogP contribution is 2.24. The fraction of sp³-hybridized carbons (Fsp3) is 0.364. The molecule has 0 aromatic heterocycles. The van der Waals surface area contributed by atoms with E-state index in [0.29, 0.717) is 0 Å². The second-order valence-corrected chi connectivity index (χ2v) is 3.53. The Bertz CT molecular complexity index is 407. The molecule has 94 valence electrons. The minimum absolute atomic E-state index is 0.175.